The van der Waals surface area contributed by atoms with Gasteiger partial charge in [0, 0.05) is 43.1 Å². The molecule has 10 heteroatoms. The molecule has 2 saturated carbocycles. The zero-order valence-electron chi connectivity index (χ0n) is 24.6. The molecule has 0 unspecified atom stereocenters. The summed E-state index contributed by atoms with van der Waals surface area (Å²) in [6.07, 6.45) is 4.58. The van der Waals surface area contributed by atoms with Gasteiger partial charge in [0.2, 0.25) is 0 Å². The monoisotopic (exact) mass is 570 g/mol. The Balaban J connectivity index is 1.74. The van der Waals surface area contributed by atoms with Crippen molar-refractivity contribution >= 4 is 23.9 Å². The van der Waals surface area contributed by atoms with Gasteiger partial charge in [-0.15, -0.1) is 0 Å². The van der Waals surface area contributed by atoms with Gasteiger partial charge >= 0.3 is 23.9 Å². The van der Waals surface area contributed by atoms with E-state index in [1.807, 2.05) is 19.9 Å². The minimum Gasteiger partial charge on any atom is -0.472 e. The van der Waals surface area contributed by atoms with E-state index in [-0.39, 0.29) is 18.4 Å². The Kier molecular flexibility index (Phi) is 6.80. The molecule has 1 saturated heterocycles. The van der Waals surface area contributed by atoms with Crippen molar-refractivity contribution in [2.24, 2.45) is 22.7 Å². The lowest BCUT2D eigenvalue weighted by Gasteiger charge is -2.58. The van der Waals surface area contributed by atoms with E-state index in [2.05, 4.69) is 6.58 Å². The van der Waals surface area contributed by atoms with E-state index < -0.39 is 70.0 Å². The molecule has 10 nitrogen and oxygen atoms in total. The second-order valence-corrected chi connectivity index (χ2v) is 12.6. The molecule has 41 heavy (non-hydrogen) atoms. The van der Waals surface area contributed by atoms with Gasteiger partial charge in [-0.05, 0) is 37.5 Å². The van der Waals surface area contributed by atoms with Crippen LogP contribution in [0.25, 0.3) is 0 Å². The fraction of sp³-hybridized carbons (Fsp3) is 0.613. The van der Waals surface area contributed by atoms with Gasteiger partial charge in [0.1, 0.15) is 23.4 Å². The molecule has 0 radical (unpaired) electrons. The number of rotatable bonds is 6. The molecule has 3 fully saturated rings. The Morgan fingerprint density at radius 1 is 1.10 bits per heavy atom. The molecule has 2 aliphatic heterocycles. The first-order chi connectivity index (χ1) is 19.1. The van der Waals surface area contributed by atoms with Crippen molar-refractivity contribution in [3.8, 4) is 0 Å². The first kappa shape index (κ1) is 29.1. The van der Waals surface area contributed by atoms with Crippen LogP contribution in [0, 0.1) is 22.7 Å². The molecule has 1 spiro atoms. The first-order valence-electron chi connectivity index (χ1n) is 13.9. The molecule has 0 amide bonds. The standard InChI is InChI=1S/C31H38O10/c1-16-25(29(6)11-9-23(34)41-28(4,5)21(29)14-24(35)36-8)26(38-17(2)32)27(39-18(3)33)30(7)20(19-10-12-37-15-19)13-22-31(16,30)40-22/h9-12,15,20-22,25-27H,1,13-14H2,2-8H3/t20-,21+,22-,25-,26-,27+,29+,30-,31-/m1/s1. The summed E-state index contributed by atoms with van der Waals surface area (Å²) < 4.78 is 35.0. The predicted molar refractivity (Wildman–Crippen MR) is 143 cm³/mol. The molecule has 3 heterocycles. The second kappa shape index (κ2) is 9.58. The van der Waals surface area contributed by atoms with E-state index in [9.17, 15) is 19.2 Å². The molecule has 0 bridgehead atoms. The molecule has 5 rings (SSSR count). The summed E-state index contributed by atoms with van der Waals surface area (Å²) in [6.45, 7) is 14.5. The Bertz CT molecular complexity index is 1310. The number of carbonyl (C=O) groups excluding carboxylic acids is 4. The van der Waals surface area contributed by atoms with E-state index in [4.69, 9.17) is 28.1 Å². The smallest absolute Gasteiger partial charge is 0.330 e. The van der Waals surface area contributed by atoms with Crippen LogP contribution in [0.3, 0.4) is 0 Å². The van der Waals surface area contributed by atoms with Crippen LogP contribution < -0.4 is 0 Å². The van der Waals surface area contributed by atoms with Gasteiger partial charge in [-0.25, -0.2) is 4.79 Å². The summed E-state index contributed by atoms with van der Waals surface area (Å²) >= 11 is 0. The average molecular weight is 571 g/mol. The van der Waals surface area contributed by atoms with Crippen LogP contribution in [-0.2, 0) is 42.9 Å². The van der Waals surface area contributed by atoms with Crippen LogP contribution in [0.4, 0.5) is 0 Å². The fourth-order valence-electron chi connectivity index (χ4n) is 8.47. The maximum absolute atomic E-state index is 12.8. The fourth-order valence-corrected chi connectivity index (χ4v) is 8.47. The highest BCUT2D eigenvalue weighted by Crippen LogP contribution is 2.76. The van der Waals surface area contributed by atoms with Gasteiger partial charge < -0.3 is 28.1 Å². The number of carbonyl (C=O) groups is 4. The van der Waals surface area contributed by atoms with Gasteiger partial charge in [-0.1, -0.05) is 26.5 Å². The summed E-state index contributed by atoms with van der Waals surface area (Å²) in [4.78, 5) is 50.9. The Morgan fingerprint density at radius 2 is 1.78 bits per heavy atom. The Hall–Kier alpha value is -3.40. The van der Waals surface area contributed by atoms with Gasteiger partial charge in [0.15, 0.2) is 0 Å². The molecule has 2 aliphatic carbocycles. The lowest BCUT2D eigenvalue weighted by Crippen LogP contribution is -2.66. The first-order valence-corrected chi connectivity index (χ1v) is 13.9. The number of furan rings is 1. The lowest BCUT2D eigenvalue weighted by atomic mass is 9.48. The molecular weight excluding hydrogens is 532 g/mol. The van der Waals surface area contributed by atoms with E-state index in [0.717, 1.165) is 5.56 Å². The van der Waals surface area contributed by atoms with Gasteiger partial charge in [-0.2, -0.15) is 0 Å². The van der Waals surface area contributed by atoms with E-state index in [1.165, 1.54) is 27.0 Å². The number of cyclic esters (lactones) is 1. The second-order valence-electron chi connectivity index (χ2n) is 12.6. The molecule has 1 aromatic heterocycles. The third-order valence-electron chi connectivity index (χ3n) is 10.1. The van der Waals surface area contributed by atoms with Crippen molar-refractivity contribution in [3.05, 3.63) is 48.5 Å². The molecule has 0 N–H and O–H groups in total. The maximum Gasteiger partial charge on any atom is 0.330 e. The van der Waals surface area contributed by atoms with Gasteiger partial charge in [-0.3, -0.25) is 14.4 Å². The number of ether oxygens (including phenoxy) is 5. The normalized spacial score (nSPS) is 40.5. The molecule has 9 atom stereocenters. The van der Waals surface area contributed by atoms with Gasteiger partial charge in [0.05, 0.1) is 37.6 Å². The SMILES string of the molecule is C=C1[C@@H]([C@@]2(C)C=CC(=O)OC(C)(C)[C@@H]2CC(=O)OC)[C@@H](OC(C)=O)[C@H](OC(C)=O)[C@@]2(C)[C@@H](c3ccoc3)C[C@H]3O[C@]132. The number of methoxy groups -OCH3 is 1. The minimum atomic E-state index is -1.14. The van der Waals surface area contributed by atoms with Crippen molar-refractivity contribution in [3.63, 3.8) is 0 Å². The maximum atomic E-state index is 12.8. The quantitative estimate of drug-likeness (QED) is 0.214. The highest BCUT2D eigenvalue weighted by atomic mass is 16.6. The van der Waals surface area contributed by atoms with Crippen molar-refractivity contribution in [2.75, 3.05) is 7.11 Å². The number of allylic oxidation sites excluding steroid dienone is 1. The minimum absolute atomic E-state index is 0.0986. The number of hydrogen-bond acceptors (Lipinski definition) is 10. The Labute approximate surface area is 239 Å². The van der Waals surface area contributed by atoms with Crippen LogP contribution in [0.2, 0.25) is 0 Å². The highest BCUT2D eigenvalue weighted by Gasteiger charge is 2.84. The van der Waals surface area contributed by atoms with E-state index in [0.29, 0.717) is 12.0 Å². The third kappa shape index (κ3) is 4.16. The molecule has 4 aliphatic rings. The molecule has 222 valence electrons. The summed E-state index contributed by atoms with van der Waals surface area (Å²) in [5.41, 5.74) is -2.46. The van der Waals surface area contributed by atoms with Crippen LogP contribution >= 0.6 is 0 Å². The van der Waals surface area contributed by atoms with Crippen molar-refractivity contribution in [1.29, 1.82) is 0 Å². The summed E-state index contributed by atoms with van der Waals surface area (Å²) in [5, 5.41) is 0. The predicted octanol–water partition coefficient (Wildman–Crippen LogP) is 4.04. The van der Waals surface area contributed by atoms with Crippen LogP contribution in [0.1, 0.15) is 65.9 Å². The molecule has 1 aromatic rings. The van der Waals surface area contributed by atoms with E-state index in [1.54, 1.807) is 32.4 Å². The lowest BCUT2D eigenvalue weighted by molar-refractivity contribution is -0.208. The van der Waals surface area contributed by atoms with Crippen LogP contribution in [0.15, 0.2) is 47.3 Å². The zero-order chi connectivity index (χ0) is 30.1. The van der Waals surface area contributed by atoms with Crippen LogP contribution in [-0.4, -0.2) is 60.5 Å². The van der Waals surface area contributed by atoms with Crippen molar-refractivity contribution < 1.29 is 47.3 Å². The number of hydrogen-bond donors (Lipinski definition) is 0. The summed E-state index contributed by atoms with van der Waals surface area (Å²) in [7, 11) is 1.30. The van der Waals surface area contributed by atoms with Gasteiger partial charge in [0.25, 0.3) is 0 Å². The largest absolute Gasteiger partial charge is 0.472 e. The molecular formula is C31H38O10. The molecule has 0 aromatic carbocycles. The highest BCUT2D eigenvalue weighted by molar-refractivity contribution is 5.83. The number of epoxide rings is 1. The topological polar surface area (TPSA) is 131 Å². The Morgan fingerprint density at radius 3 is 2.37 bits per heavy atom. The van der Waals surface area contributed by atoms with Crippen molar-refractivity contribution in [1.82, 2.24) is 0 Å². The van der Waals surface area contributed by atoms with Crippen molar-refractivity contribution in [2.45, 2.75) is 89.8 Å². The number of esters is 4. The van der Waals surface area contributed by atoms with Crippen LogP contribution in [0.5, 0.6) is 0 Å². The third-order valence-corrected chi connectivity index (χ3v) is 10.1. The van der Waals surface area contributed by atoms with E-state index >= 15 is 0 Å². The summed E-state index contributed by atoms with van der Waals surface area (Å²) in [5.74, 6) is -3.73. The summed E-state index contributed by atoms with van der Waals surface area (Å²) in [6, 6.07) is 1.88. The average Bonchev–Trinajstić information content (AvgIpc) is 3.25. The zero-order valence-corrected chi connectivity index (χ0v) is 24.6.